The maximum absolute atomic E-state index is 12.7. The molecule has 3 atom stereocenters. The first-order valence-corrected chi connectivity index (χ1v) is 10.5. The predicted octanol–water partition coefficient (Wildman–Crippen LogP) is 1.25. The number of H-pyrrole nitrogens is 1. The molecule has 0 spiro atoms. The molecular weight excluding hydrogens is 394 g/mol. The summed E-state index contributed by atoms with van der Waals surface area (Å²) in [6.07, 6.45) is 1.69. The van der Waals surface area contributed by atoms with E-state index in [1.165, 1.54) is 11.9 Å². The van der Waals surface area contributed by atoms with E-state index in [0.29, 0.717) is 18.8 Å². The maximum atomic E-state index is 12.7. The van der Waals surface area contributed by atoms with E-state index in [1.807, 2.05) is 35.2 Å². The zero-order chi connectivity index (χ0) is 20.5. The number of aromatic amines is 1. The summed E-state index contributed by atoms with van der Waals surface area (Å²) in [5, 5.41) is 13.0. The number of amides is 2. The van der Waals surface area contributed by atoms with E-state index >= 15 is 0 Å². The number of β-amino-alcohol motifs (C(OH)–C–C–N with tert-alkyl or cyclic N) is 1. The van der Waals surface area contributed by atoms with E-state index in [-0.39, 0.29) is 13.2 Å². The predicted molar refractivity (Wildman–Crippen MR) is 111 cm³/mol. The van der Waals surface area contributed by atoms with Crippen LogP contribution in [0.3, 0.4) is 0 Å². The van der Waals surface area contributed by atoms with Gasteiger partial charge in [0.25, 0.3) is 0 Å². The topological polar surface area (TPSA) is 122 Å². The summed E-state index contributed by atoms with van der Waals surface area (Å²) >= 11 is -2.27. The Labute approximate surface area is 170 Å². The van der Waals surface area contributed by atoms with Crippen LogP contribution in [0.1, 0.15) is 11.7 Å². The number of nitrogens with zero attached hydrogens (tertiary/aromatic N) is 3. The highest BCUT2D eigenvalue weighted by molar-refractivity contribution is 7.79. The van der Waals surface area contributed by atoms with Crippen molar-refractivity contribution in [3.63, 3.8) is 0 Å². The van der Waals surface area contributed by atoms with Gasteiger partial charge in [0, 0.05) is 49.2 Å². The van der Waals surface area contributed by atoms with Crippen molar-refractivity contribution in [2.75, 3.05) is 33.3 Å². The summed E-state index contributed by atoms with van der Waals surface area (Å²) in [5.74, 6) is 0. The second-order valence-corrected chi connectivity index (χ2v) is 8.08. The van der Waals surface area contributed by atoms with Crippen molar-refractivity contribution in [1.29, 1.82) is 0 Å². The van der Waals surface area contributed by atoms with Gasteiger partial charge in [-0.25, -0.2) is 9.00 Å². The van der Waals surface area contributed by atoms with Crippen LogP contribution < -0.4 is 5.32 Å². The normalized spacial score (nSPS) is 21.6. The van der Waals surface area contributed by atoms with Gasteiger partial charge >= 0.3 is 6.03 Å². The number of hydrogen-bond acceptors (Lipinski definition) is 5. The largest absolute Gasteiger partial charge is 0.395 e. The monoisotopic (exact) mass is 417 g/mol. The molecule has 0 radical (unpaired) electrons. The lowest BCUT2D eigenvalue weighted by molar-refractivity contribution is 0.0663. The summed E-state index contributed by atoms with van der Waals surface area (Å²) in [7, 11) is 1.49. The van der Waals surface area contributed by atoms with Crippen molar-refractivity contribution in [3.8, 4) is 0 Å². The van der Waals surface area contributed by atoms with Crippen LogP contribution in [-0.2, 0) is 11.1 Å². The smallest absolute Gasteiger partial charge is 0.318 e. The first-order chi connectivity index (χ1) is 14.0. The lowest BCUT2D eigenvalue weighted by Gasteiger charge is -2.44. The summed E-state index contributed by atoms with van der Waals surface area (Å²) in [4.78, 5) is 23.9. The molecule has 4 rings (SSSR count). The molecule has 0 saturated carbocycles. The van der Waals surface area contributed by atoms with Gasteiger partial charge in [0.05, 0.1) is 23.9 Å². The number of rotatable bonds is 4. The van der Waals surface area contributed by atoms with Gasteiger partial charge in [0.1, 0.15) is 5.37 Å². The molecule has 154 valence electrons. The zero-order valence-corrected chi connectivity index (χ0v) is 16.7. The van der Waals surface area contributed by atoms with Crippen LogP contribution in [-0.4, -0.2) is 78.3 Å². The molecular formula is C19H23N5O4S. The van der Waals surface area contributed by atoms with E-state index in [0.717, 1.165) is 21.8 Å². The van der Waals surface area contributed by atoms with Crippen LogP contribution in [0.15, 0.2) is 36.5 Å². The number of nitrogens with one attached hydrogen (secondary N) is 2. The average molecular weight is 417 g/mol. The molecule has 2 amide bonds. The summed E-state index contributed by atoms with van der Waals surface area (Å²) in [5.41, 5.74) is 2.37. The number of pyridine rings is 1. The molecule has 1 aliphatic heterocycles. The van der Waals surface area contributed by atoms with Crippen LogP contribution in [0.5, 0.6) is 0 Å². The van der Waals surface area contributed by atoms with Gasteiger partial charge in [0.15, 0.2) is 11.1 Å². The number of hydrogen-bond donors (Lipinski definition) is 4. The van der Waals surface area contributed by atoms with E-state index < -0.39 is 28.5 Å². The van der Waals surface area contributed by atoms with Crippen LogP contribution >= 0.6 is 0 Å². The molecule has 29 heavy (non-hydrogen) atoms. The average Bonchev–Trinajstić information content (AvgIpc) is 3.11. The van der Waals surface area contributed by atoms with Gasteiger partial charge in [-0.15, -0.1) is 0 Å². The minimum atomic E-state index is -2.27. The van der Waals surface area contributed by atoms with Crippen LogP contribution in [0.4, 0.5) is 4.79 Å². The number of urea groups is 1. The molecule has 3 unspecified atom stereocenters. The van der Waals surface area contributed by atoms with Gasteiger partial charge in [-0.3, -0.25) is 14.8 Å². The third kappa shape index (κ3) is 3.48. The molecule has 1 fully saturated rings. The number of piperazine rings is 1. The molecule has 2 aromatic heterocycles. The Kier molecular flexibility index (Phi) is 5.50. The number of benzene rings is 1. The van der Waals surface area contributed by atoms with Gasteiger partial charge < -0.3 is 20.0 Å². The van der Waals surface area contributed by atoms with Crippen molar-refractivity contribution >= 4 is 38.9 Å². The van der Waals surface area contributed by atoms with Gasteiger partial charge in [0.2, 0.25) is 0 Å². The Morgan fingerprint density at radius 3 is 2.83 bits per heavy atom. The number of aromatic nitrogens is 2. The van der Waals surface area contributed by atoms with E-state index in [4.69, 9.17) is 0 Å². The first-order valence-electron chi connectivity index (χ1n) is 9.33. The Balaban J connectivity index is 1.89. The number of fused-ring (bicyclic) bond motifs is 3. The van der Waals surface area contributed by atoms with Crippen LogP contribution in [0.25, 0.3) is 21.8 Å². The fraction of sp³-hybridized carbons (Fsp3) is 0.368. The van der Waals surface area contributed by atoms with Crippen LogP contribution in [0.2, 0.25) is 0 Å². The highest BCUT2D eigenvalue weighted by Crippen LogP contribution is 2.35. The fourth-order valence-corrected chi connectivity index (χ4v) is 4.84. The van der Waals surface area contributed by atoms with Crippen molar-refractivity contribution in [1.82, 2.24) is 25.1 Å². The number of para-hydroxylation sites is 1. The van der Waals surface area contributed by atoms with Crippen LogP contribution in [0, 0.1) is 0 Å². The second-order valence-electron chi connectivity index (χ2n) is 6.98. The lowest BCUT2D eigenvalue weighted by atomic mass is 10.0. The van der Waals surface area contributed by atoms with Gasteiger partial charge in [-0.2, -0.15) is 0 Å². The number of aliphatic hydroxyl groups excluding tert-OH is 1. The van der Waals surface area contributed by atoms with Crippen molar-refractivity contribution in [2.45, 2.75) is 11.4 Å². The highest BCUT2D eigenvalue weighted by Gasteiger charge is 2.42. The number of aliphatic hydroxyl groups is 1. The molecule has 4 N–H and O–H groups in total. The van der Waals surface area contributed by atoms with Crippen molar-refractivity contribution < 1.29 is 18.7 Å². The lowest BCUT2D eigenvalue weighted by Crippen LogP contribution is -2.60. The zero-order valence-electron chi connectivity index (χ0n) is 15.9. The third-order valence-electron chi connectivity index (χ3n) is 5.36. The molecule has 0 aliphatic carbocycles. The Hall–Kier alpha value is -2.53. The molecule has 1 saturated heterocycles. The van der Waals surface area contributed by atoms with Gasteiger partial charge in [-0.1, -0.05) is 18.2 Å². The minimum Gasteiger partial charge on any atom is -0.395 e. The Morgan fingerprint density at radius 2 is 2.10 bits per heavy atom. The van der Waals surface area contributed by atoms with Gasteiger partial charge in [-0.05, 0) is 12.1 Å². The molecule has 1 aliphatic rings. The second kappa shape index (κ2) is 8.07. The molecule has 3 heterocycles. The Bertz CT molecular complexity index is 1070. The molecule has 10 heteroatoms. The number of carbonyl (C=O) groups is 1. The molecule has 0 bridgehead atoms. The fourth-order valence-electron chi connectivity index (χ4n) is 4.07. The molecule has 3 aromatic rings. The number of carbonyl (C=O) groups excluding carboxylic acids is 1. The standard InChI is InChI=1S/C19H23N5O4S/c1-20-19(26)24-15(10-23(8-9-25)11-16(24)29(27)28)18-17-13(6-7-21-18)12-4-2-3-5-14(12)22-17/h2-7,15-16,22,25H,8-11H2,1H3,(H,20,26)(H,27,28). The van der Waals surface area contributed by atoms with Crippen molar-refractivity contribution in [2.24, 2.45) is 0 Å². The molecule has 1 aromatic carbocycles. The maximum Gasteiger partial charge on any atom is 0.318 e. The highest BCUT2D eigenvalue weighted by atomic mass is 32.2. The van der Waals surface area contributed by atoms with E-state index in [2.05, 4.69) is 15.3 Å². The van der Waals surface area contributed by atoms with Crippen molar-refractivity contribution in [3.05, 3.63) is 42.2 Å². The summed E-state index contributed by atoms with van der Waals surface area (Å²) in [6.45, 7) is 0.843. The van der Waals surface area contributed by atoms with E-state index in [1.54, 1.807) is 6.20 Å². The molecule has 9 nitrogen and oxygen atoms in total. The summed E-state index contributed by atoms with van der Waals surface area (Å²) < 4.78 is 22.0. The third-order valence-corrected chi connectivity index (χ3v) is 6.20. The van der Waals surface area contributed by atoms with E-state index in [9.17, 15) is 18.7 Å². The summed E-state index contributed by atoms with van der Waals surface area (Å²) in [6, 6.07) is 8.79. The Morgan fingerprint density at radius 1 is 1.31 bits per heavy atom. The SMILES string of the molecule is CNC(=O)N1C(c2nccc3c2[nH]c2ccccc23)CN(CCO)CC1S(=O)O. The minimum absolute atomic E-state index is 0.0819. The first kappa shape index (κ1) is 19.8. The quantitative estimate of drug-likeness (QED) is 0.474.